The molecule has 3 heteroatoms. The maximum atomic E-state index is 9.65. The molecule has 0 atom stereocenters. The highest BCUT2D eigenvalue weighted by Gasteiger charge is 2.17. The minimum atomic E-state index is 0.340. The van der Waals surface area contributed by atoms with Crippen molar-refractivity contribution in [2.75, 3.05) is 6.54 Å². The van der Waals surface area contributed by atoms with E-state index < -0.39 is 0 Å². The van der Waals surface area contributed by atoms with Crippen LogP contribution in [-0.4, -0.2) is 22.6 Å². The van der Waals surface area contributed by atoms with Gasteiger partial charge in [0.05, 0.1) is 0 Å². The predicted molar refractivity (Wildman–Crippen MR) is 85.4 cm³/mol. The molecule has 1 N–H and O–H groups in total. The lowest BCUT2D eigenvalue weighted by atomic mass is 10.1. The number of benzene rings is 1. The molecule has 19 heavy (non-hydrogen) atoms. The lowest BCUT2D eigenvalue weighted by molar-refractivity contribution is 0.157. The summed E-state index contributed by atoms with van der Waals surface area (Å²) >= 11 is 3.58. The van der Waals surface area contributed by atoms with Crippen molar-refractivity contribution in [3.05, 3.63) is 28.2 Å². The van der Waals surface area contributed by atoms with Crippen LogP contribution in [0.4, 0.5) is 0 Å². The number of halogens is 1. The van der Waals surface area contributed by atoms with Crippen LogP contribution < -0.4 is 0 Å². The molecule has 0 aliphatic carbocycles. The lowest BCUT2D eigenvalue weighted by Crippen LogP contribution is -2.36. The van der Waals surface area contributed by atoms with Crippen molar-refractivity contribution in [2.45, 2.75) is 53.1 Å². The standard InChI is InChI=1S/C16H26BrNO/c1-5-14(6-2)18(10-12(3)4)11-13-9-15(19)7-8-16(13)17/h7-9,12,14,19H,5-6,10-11H2,1-4H3. The van der Waals surface area contributed by atoms with Gasteiger partial charge in [-0.25, -0.2) is 0 Å². The number of phenols is 1. The summed E-state index contributed by atoms with van der Waals surface area (Å²) < 4.78 is 1.07. The maximum absolute atomic E-state index is 9.65. The second kappa shape index (κ2) is 7.91. The molecule has 0 unspecified atom stereocenters. The highest BCUT2D eigenvalue weighted by Crippen LogP contribution is 2.25. The summed E-state index contributed by atoms with van der Waals surface area (Å²) in [5.41, 5.74) is 1.16. The number of rotatable bonds is 7. The van der Waals surface area contributed by atoms with Gasteiger partial charge in [-0.05, 0) is 42.5 Å². The fraction of sp³-hybridized carbons (Fsp3) is 0.625. The first-order valence-electron chi connectivity index (χ1n) is 7.19. The van der Waals surface area contributed by atoms with Crippen LogP contribution in [0.25, 0.3) is 0 Å². The van der Waals surface area contributed by atoms with E-state index >= 15 is 0 Å². The van der Waals surface area contributed by atoms with Crippen LogP contribution in [-0.2, 0) is 6.54 Å². The van der Waals surface area contributed by atoms with Gasteiger partial charge in [0.25, 0.3) is 0 Å². The summed E-state index contributed by atoms with van der Waals surface area (Å²) in [6.07, 6.45) is 2.33. The molecule has 0 fully saturated rings. The van der Waals surface area contributed by atoms with E-state index in [0.29, 0.717) is 17.7 Å². The smallest absolute Gasteiger partial charge is 0.115 e. The second-order valence-electron chi connectivity index (χ2n) is 5.57. The van der Waals surface area contributed by atoms with Crippen molar-refractivity contribution in [3.63, 3.8) is 0 Å². The Morgan fingerprint density at radius 3 is 2.37 bits per heavy atom. The van der Waals surface area contributed by atoms with Gasteiger partial charge < -0.3 is 5.11 Å². The van der Waals surface area contributed by atoms with Gasteiger partial charge in [-0.1, -0.05) is 43.6 Å². The molecule has 2 nitrogen and oxygen atoms in total. The lowest BCUT2D eigenvalue weighted by Gasteiger charge is -2.32. The highest BCUT2D eigenvalue weighted by atomic mass is 79.9. The van der Waals surface area contributed by atoms with Crippen LogP contribution in [0.1, 0.15) is 46.1 Å². The molecule has 0 heterocycles. The van der Waals surface area contributed by atoms with Crippen LogP contribution >= 0.6 is 15.9 Å². The molecule has 1 rings (SSSR count). The van der Waals surface area contributed by atoms with Gasteiger partial charge in [-0.15, -0.1) is 0 Å². The topological polar surface area (TPSA) is 23.5 Å². The van der Waals surface area contributed by atoms with Gasteiger partial charge in [0.15, 0.2) is 0 Å². The van der Waals surface area contributed by atoms with Crippen LogP contribution in [0.2, 0.25) is 0 Å². The third-order valence-electron chi connectivity index (χ3n) is 3.46. The SMILES string of the molecule is CCC(CC)N(Cc1cc(O)ccc1Br)CC(C)C. The number of hydrogen-bond donors (Lipinski definition) is 1. The van der Waals surface area contributed by atoms with E-state index in [0.717, 1.165) is 23.1 Å². The van der Waals surface area contributed by atoms with Crippen molar-refractivity contribution in [1.82, 2.24) is 4.90 Å². The fourth-order valence-electron chi connectivity index (χ4n) is 2.52. The van der Waals surface area contributed by atoms with Crippen LogP contribution in [0.15, 0.2) is 22.7 Å². The van der Waals surface area contributed by atoms with Crippen molar-refractivity contribution < 1.29 is 5.11 Å². The number of nitrogens with zero attached hydrogens (tertiary/aromatic N) is 1. The zero-order valence-electron chi connectivity index (χ0n) is 12.5. The summed E-state index contributed by atoms with van der Waals surface area (Å²) in [5, 5.41) is 9.65. The molecule has 0 aliphatic rings. The molecule has 0 bridgehead atoms. The number of phenolic OH excluding ortho intramolecular Hbond substituents is 1. The summed E-state index contributed by atoms with van der Waals surface area (Å²) in [5.74, 6) is 0.990. The second-order valence-corrected chi connectivity index (χ2v) is 6.42. The van der Waals surface area contributed by atoms with Gasteiger partial charge in [0.2, 0.25) is 0 Å². The zero-order chi connectivity index (χ0) is 14.4. The van der Waals surface area contributed by atoms with Crippen LogP contribution in [0.5, 0.6) is 5.75 Å². The Kier molecular flexibility index (Phi) is 6.87. The predicted octanol–water partition coefficient (Wildman–Crippen LogP) is 4.80. The molecular weight excluding hydrogens is 302 g/mol. The molecule has 0 saturated heterocycles. The summed E-state index contributed by atoms with van der Waals surface area (Å²) in [6.45, 7) is 11.0. The summed E-state index contributed by atoms with van der Waals surface area (Å²) in [6, 6.07) is 6.11. The third kappa shape index (κ3) is 5.15. The largest absolute Gasteiger partial charge is 0.508 e. The molecule has 0 aliphatic heterocycles. The molecule has 0 aromatic heterocycles. The van der Waals surface area contributed by atoms with Crippen molar-refractivity contribution in [1.29, 1.82) is 0 Å². The fourth-order valence-corrected chi connectivity index (χ4v) is 2.89. The molecule has 0 saturated carbocycles. The van der Waals surface area contributed by atoms with Gasteiger partial charge in [-0.2, -0.15) is 0 Å². The third-order valence-corrected chi connectivity index (χ3v) is 4.23. The summed E-state index contributed by atoms with van der Waals surface area (Å²) in [4.78, 5) is 2.53. The van der Waals surface area contributed by atoms with Crippen molar-refractivity contribution >= 4 is 15.9 Å². The number of hydrogen-bond acceptors (Lipinski definition) is 2. The average molecular weight is 328 g/mol. The number of aromatic hydroxyl groups is 1. The monoisotopic (exact) mass is 327 g/mol. The van der Waals surface area contributed by atoms with Gasteiger partial charge in [0, 0.05) is 23.6 Å². The van der Waals surface area contributed by atoms with Crippen LogP contribution in [0.3, 0.4) is 0 Å². The Bertz CT molecular complexity index is 388. The Morgan fingerprint density at radius 2 is 1.84 bits per heavy atom. The van der Waals surface area contributed by atoms with E-state index in [2.05, 4.69) is 48.5 Å². The molecule has 0 spiro atoms. The van der Waals surface area contributed by atoms with Gasteiger partial charge in [-0.3, -0.25) is 4.90 Å². The molecular formula is C16H26BrNO. The Labute approximate surface area is 126 Å². The van der Waals surface area contributed by atoms with E-state index in [-0.39, 0.29) is 0 Å². The van der Waals surface area contributed by atoms with E-state index in [9.17, 15) is 5.11 Å². The van der Waals surface area contributed by atoms with E-state index in [1.54, 1.807) is 6.07 Å². The van der Waals surface area contributed by atoms with Crippen molar-refractivity contribution in [2.24, 2.45) is 5.92 Å². The van der Waals surface area contributed by atoms with E-state index in [1.165, 1.54) is 12.8 Å². The molecule has 0 radical (unpaired) electrons. The van der Waals surface area contributed by atoms with Gasteiger partial charge >= 0.3 is 0 Å². The maximum Gasteiger partial charge on any atom is 0.115 e. The molecule has 1 aromatic carbocycles. The van der Waals surface area contributed by atoms with E-state index in [1.807, 2.05) is 12.1 Å². The van der Waals surface area contributed by atoms with E-state index in [4.69, 9.17) is 0 Å². The Hall–Kier alpha value is -0.540. The highest BCUT2D eigenvalue weighted by molar-refractivity contribution is 9.10. The molecule has 108 valence electrons. The first-order valence-corrected chi connectivity index (χ1v) is 7.98. The first-order chi connectivity index (χ1) is 8.97. The average Bonchev–Trinajstić information content (AvgIpc) is 2.34. The minimum Gasteiger partial charge on any atom is -0.508 e. The van der Waals surface area contributed by atoms with Crippen LogP contribution in [0, 0.1) is 5.92 Å². The Morgan fingerprint density at radius 1 is 1.21 bits per heavy atom. The molecule has 0 amide bonds. The van der Waals surface area contributed by atoms with Crippen molar-refractivity contribution in [3.8, 4) is 5.75 Å². The minimum absolute atomic E-state index is 0.340. The Balaban J connectivity index is 2.89. The summed E-state index contributed by atoms with van der Waals surface area (Å²) in [7, 11) is 0. The first kappa shape index (κ1) is 16.5. The zero-order valence-corrected chi connectivity index (χ0v) is 14.1. The van der Waals surface area contributed by atoms with Gasteiger partial charge in [0.1, 0.15) is 5.75 Å². The quantitative estimate of drug-likeness (QED) is 0.777. The normalized spacial score (nSPS) is 11.8. The molecule has 1 aromatic rings.